The third-order valence-electron chi connectivity index (χ3n) is 6.43. The van der Waals surface area contributed by atoms with Crippen molar-refractivity contribution in [1.29, 1.82) is 0 Å². The van der Waals surface area contributed by atoms with Gasteiger partial charge in [-0.05, 0) is 94.5 Å². The van der Waals surface area contributed by atoms with Crippen molar-refractivity contribution in [3.63, 3.8) is 0 Å². The van der Waals surface area contributed by atoms with Crippen LogP contribution in [0.3, 0.4) is 0 Å². The van der Waals surface area contributed by atoms with Crippen LogP contribution in [0, 0.1) is 17.8 Å². The van der Waals surface area contributed by atoms with E-state index in [2.05, 4.69) is 32.1 Å². The zero-order valence-electron chi connectivity index (χ0n) is 16.9. The van der Waals surface area contributed by atoms with Gasteiger partial charge >= 0.3 is 0 Å². The lowest BCUT2D eigenvalue weighted by molar-refractivity contribution is 0.0649. The van der Waals surface area contributed by atoms with E-state index >= 15 is 0 Å². The second kappa shape index (κ2) is 12.6. The molecule has 0 N–H and O–H groups in total. The highest BCUT2D eigenvalue weighted by atomic mass is 16.5. The van der Waals surface area contributed by atoms with Crippen LogP contribution in [0.1, 0.15) is 104 Å². The number of allylic oxidation sites excluding steroid dienone is 3. The molecule has 0 bridgehead atoms. The van der Waals surface area contributed by atoms with E-state index in [1.165, 1.54) is 89.9 Å². The van der Waals surface area contributed by atoms with Gasteiger partial charge in [0.2, 0.25) is 0 Å². The Morgan fingerprint density at radius 1 is 0.720 bits per heavy atom. The molecule has 1 heteroatoms. The van der Waals surface area contributed by atoms with Gasteiger partial charge in [-0.3, -0.25) is 0 Å². The highest BCUT2D eigenvalue weighted by Gasteiger charge is 2.30. The fraction of sp³-hybridized carbons (Fsp3) is 0.833. The number of hydrogen-bond acceptors (Lipinski definition) is 1. The molecule has 0 saturated heterocycles. The number of rotatable bonds is 10. The standard InChI is InChI=1S/C24H42O/c1-3-5-7-9-11-21-12-14-22(15-13-21)23-16-18-24(19-17-23)25-20-10-8-6-4-2/h9-11,20-24H,3-8,12-19H2,1-2H3. The number of hydrogen-bond donors (Lipinski definition) is 0. The molecular formula is C24H42O. The van der Waals surface area contributed by atoms with E-state index < -0.39 is 0 Å². The molecule has 144 valence electrons. The first kappa shape index (κ1) is 20.6. The Bertz CT molecular complexity index is 368. The Morgan fingerprint density at radius 3 is 1.88 bits per heavy atom. The van der Waals surface area contributed by atoms with Gasteiger partial charge in [0.25, 0.3) is 0 Å². The van der Waals surface area contributed by atoms with Gasteiger partial charge in [0.15, 0.2) is 0 Å². The van der Waals surface area contributed by atoms with Crippen LogP contribution >= 0.6 is 0 Å². The van der Waals surface area contributed by atoms with Crippen molar-refractivity contribution in [1.82, 2.24) is 0 Å². The first-order valence-corrected chi connectivity index (χ1v) is 11.3. The van der Waals surface area contributed by atoms with Crippen LogP contribution in [0.5, 0.6) is 0 Å². The van der Waals surface area contributed by atoms with Gasteiger partial charge in [-0.1, -0.05) is 45.3 Å². The predicted octanol–water partition coefficient (Wildman–Crippen LogP) is 7.82. The molecule has 2 aliphatic carbocycles. The molecule has 2 fully saturated rings. The number of unbranched alkanes of at least 4 members (excludes halogenated alkanes) is 4. The molecule has 0 aromatic heterocycles. The minimum Gasteiger partial charge on any atom is -0.498 e. The third kappa shape index (κ3) is 8.01. The average molecular weight is 347 g/mol. The van der Waals surface area contributed by atoms with Crippen molar-refractivity contribution in [2.45, 2.75) is 110 Å². The largest absolute Gasteiger partial charge is 0.498 e. The fourth-order valence-corrected chi connectivity index (χ4v) is 4.67. The molecule has 2 aliphatic rings. The normalized spacial score (nSPS) is 31.0. The molecule has 0 spiro atoms. The SMILES string of the molecule is CCCCC=COC1CCC(C2CCC(C=CCCCC)CC2)CC1. The molecule has 0 unspecified atom stereocenters. The smallest absolute Gasteiger partial charge is 0.0978 e. The first-order chi connectivity index (χ1) is 12.3. The minimum atomic E-state index is 0.493. The maximum absolute atomic E-state index is 5.96. The molecular weight excluding hydrogens is 304 g/mol. The maximum atomic E-state index is 5.96. The fourth-order valence-electron chi connectivity index (χ4n) is 4.67. The lowest BCUT2D eigenvalue weighted by Crippen LogP contribution is -2.27. The minimum absolute atomic E-state index is 0.493. The van der Waals surface area contributed by atoms with Gasteiger partial charge in [0.1, 0.15) is 0 Å². The van der Waals surface area contributed by atoms with Gasteiger partial charge in [-0.15, -0.1) is 0 Å². The molecule has 1 nitrogen and oxygen atoms in total. The summed E-state index contributed by atoms with van der Waals surface area (Å²) in [5, 5.41) is 0. The van der Waals surface area contributed by atoms with E-state index in [-0.39, 0.29) is 0 Å². The Morgan fingerprint density at radius 2 is 1.28 bits per heavy atom. The molecule has 0 atom stereocenters. The lowest BCUT2D eigenvalue weighted by Gasteiger charge is -2.37. The molecule has 0 aliphatic heterocycles. The average Bonchev–Trinajstić information content (AvgIpc) is 2.66. The van der Waals surface area contributed by atoms with E-state index in [0.29, 0.717) is 6.10 Å². The summed E-state index contributed by atoms with van der Waals surface area (Å²) in [5.74, 6) is 2.86. The van der Waals surface area contributed by atoms with E-state index in [1.54, 1.807) is 0 Å². The summed E-state index contributed by atoms with van der Waals surface area (Å²) in [4.78, 5) is 0. The predicted molar refractivity (Wildman–Crippen MR) is 110 cm³/mol. The topological polar surface area (TPSA) is 9.23 Å². The van der Waals surface area contributed by atoms with Crippen LogP contribution in [0.4, 0.5) is 0 Å². The second-order valence-electron chi connectivity index (χ2n) is 8.43. The third-order valence-corrected chi connectivity index (χ3v) is 6.43. The van der Waals surface area contributed by atoms with E-state index in [9.17, 15) is 0 Å². The molecule has 25 heavy (non-hydrogen) atoms. The summed E-state index contributed by atoms with van der Waals surface area (Å²) in [6, 6.07) is 0. The van der Waals surface area contributed by atoms with Crippen LogP contribution in [-0.2, 0) is 4.74 Å². The van der Waals surface area contributed by atoms with Gasteiger partial charge < -0.3 is 4.74 Å². The summed E-state index contributed by atoms with van der Waals surface area (Å²) < 4.78 is 5.96. The lowest BCUT2D eigenvalue weighted by atomic mass is 9.70. The summed E-state index contributed by atoms with van der Waals surface area (Å²) in [7, 11) is 0. The summed E-state index contributed by atoms with van der Waals surface area (Å²) >= 11 is 0. The summed E-state index contributed by atoms with van der Waals surface area (Å²) in [5.41, 5.74) is 0. The van der Waals surface area contributed by atoms with Crippen LogP contribution in [0.25, 0.3) is 0 Å². The Hall–Kier alpha value is -0.720. The van der Waals surface area contributed by atoms with Crippen molar-refractivity contribution >= 4 is 0 Å². The van der Waals surface area contributed by atoms with E-state index in [1.807, 2.05) is 6.26 Å². The zero-order valence-corrected chi connectivity index (χ0v) is 16.9. The Labute approximate surface area is 157 Å². The van der Waals surface area contributed by atoms with Crippen molar-refractivity contribution in [2.24, 2.45) is 17.8 Å². The van der Waals surface area contributed by atoms with Crippen molar-refractivity contribution in [2.75, 3.05) is 0 Å². The molecule has 0 aromatic rings. The van der Waals surface area contributed by atoms with Crippen LogP contribution < -0.4 is 0 Å². The van der Waals surface area contributed by atoms with Gasteiger partial charge in [0.05, 0.1) is 12.4 Å². The molecule has 0 heterocycles. The van der Waals surface area contributed by atoms with Gasteiger partial charge in [-0.2, -0.15) is 0 Å². The summed E-state index contributed by atoms with van der Waals surface area (Å²) in [6.07, 6.45) is 28.5. The molecule has 0 aromatic carbocycles. The van der Waals surface area contributed by atoms with Crippen LogP contribution in [0.2, 0.25) is 0 Å². The quantitative estimate of drug-likeness (QED) is 0.222. The Kier molecular flexibility index (Phi) is 10.4. The van der Waals surface area contributed by atoms with E-state index in [0.717, 1.165) is 17.8 Å². The maximum Gasteiger partial charge on any atom is 0.0978 e. The highest BCUT2D eigenvalue weighted by Crippen LogP contribution is 2.40. The van der Waals surface area contributed by atoms with Crippen LogP contribution in [-0.4, -0.2) is 6.10 Å². The molecule has 0 radical (unpaired) electrons. The highest BCUT2D eigenvalue weighted by molar-refractivity contribution is 4.92. The van der Waals surface area contributed by atoms with Crippen molar-refractivity contribution in [3.8, 4) is 0 Å². The first-order valence-electron chi connectivity index (χ1n) is 11.3. The molecule has 2 saturated carbocycles. The number of ether oxygens (including phenoxy) is 1. The summed E-state index contributed by atoms with van der Waals surface area (Å²) in [6.45, 7) is 4.52. The molecule has 2 rings (SSSR count). The second-order valence-corrected chi connectivity index (χ2v) is 8.43. The monoisotopic (exact) mass is 346 g/mol. The van der Waals surface area contributed by atoms with Crippen LogP contribution in [0.15, 0.2) is 24.5 Å². The Balaban J connectivity index is 1.59. The zero-order chi connectivity index (χ0) is 17.7. The van der Waals surface area contributed by atoms with E-state index in [4.69, 9.17) is 4.74 Å². The van der Waals surface area contributed by atoms with Crippen molar-refractivity contribution < 1.29 is 4.74 Å². The van der Waals surface area contributed by atoms with Gasteiger partial charge in [0, 0.05) is 0 Å². The van der Waals surface area contributed by atoms with Gasteiger partial charge in [-0.25, -0.2) is 0 Å². The molecule has 0 amide bonds. The van der Waals surface area contributed by atoms with Crippen molar-refractivity contribution in [3.05, 3.63) is 24.5 Å².